The van der Waals surface area contributed by atoms with Crippen LogP contribution in [0.15, 0.2) is 24.5 Å². The van der Waals surface area contributed by atoms with Gasteiger partial charge in [0.15, 0.2) is 0 Å². The Morgan fingerprint density at radius 2 is 2.25 bits per heavy atom. The van der Waals surface area contributed by atoms with Crippen LogP contribution in [0, 0.1) is 5.41 Å². The van der Waals surface area contributed by atoms with Crippen LogP contribution in [0.2, 0.25) is 0 Å². The summed E-state index contributed by atoms with van der Waals surface area (Å²) in [6.07, 6.45) is 10.7. The summed E-state index contributed by atoms with van der Waals surface area (Å²) in [7, 11) is 0. The summed E-state index contributed by atoms with van der Waals surface area (Å²) in [4.78, 5) is 19.0. The summed E-state index contributed by atoms with van der Waals surface area (Å²) in [5, 5.41) is 0. The molecule has 0 aliphatic carbocycles. The number of aryl methyl sites for hydroxylation is 1. The molecule has 2 aliphatic rings. The number of likely N-dealkylation sites (tertiary alicyclic amines) is 1. The molecular formula is C19H29N3O2. The summed E-state index contributed by atoms with van der Waals surface area (Å²) in [5.41, 5.74) is 6.74. The first-order valence-electron chi connectivity index (χ1n) is 9.20. The van der Waals surface area contributed by atoms with Gasteiger partial charge in [0.25, 0.3) is 0 Å². The van der Waals surface area contributed by atoms with Gasteiger partial charge in [0.2, 0.25) is 5.91 Å². The number of piperidine rings is 1. The molecule has 0 aromatic carbocycles. The SMILES string of the molecule is NC(=O)[C@]1(CCCc2cccnc2)CCCN(C2CCOCC2)C1. The van der Waals surface area contributed by atoms with Gasteiger partial charge >= 0.3 is 0 Å². The third-order valence-electron chi connectivity index (χ3n) is 5.68. The van der Waals surface area contributed by atoms with Gasteiger partial charge in [0.1, 0.15) is 0 Å². The molecule has 0 saturated carbocycles. The molecule has 1 aromatic rings. The Morgan fingerprint density at radius 3 is 2.96 bits per heavy atom. The van der Waals surface area contributed by atoms with Crippen LogP contribution in [-0.4, -0.2) is 48.1 Å². The summed E-state index contributed by atoms with van der Waals surface area (Å²) >= 11 is 0. The normalized spacial score (nSPS) is 26.3. The van der Waals surface area contributed by atoms with Gasteiger partial charge in [-0.05, 0) is 63.1 Å². The first-order chi connectivity index (χ1) is 11.7. The van der Waals surface area contributed by atoms with Gasteiger partial charge in [0.05, 0.1) is 5.41 Å². The molecule has 0 spiro atoms. The van der Waals surface area contributed by atoms with Crippen molar-refractivity contribution in [3.05, 3.63) is 30.1 Å². The van der Waals surface area contributed by atoms with Crippen molar-refractivity contribution in [3.8, 4) is 0 Å². The Labute approximate surface area is 144 Å². The number of aromatic nitrogens is 1. The fourth-order valence-electron chi connectivity index (χ4n) is 4.23. The fraction of sp³-hybridized carbons (Fsp3) is 0.684. The zero-order chi connectivity index (χ0) is 16.8. The number of amides is 1. The number of nitrogens with zero attached hydrogens (tertiary/aromatic N) is 2. The highest BCUT2D eigenvalue weighted by Gasteiger charge is 2.41. The van der Waals surface area contributed by atoms with Gasteiger partial charge < -0.3 is 10.5 Å². The second kappa shape index (κ2) is 8.08. The van der Waals surface area contributed by atoms with Gasteiger partial charge in [-0.3, -0.25) is 14.7 Å². The Balaban J connectivity index is 1.60. The lowest BCUT2D eigenvalue weighted by Gasteiger charge is -2.45. The number of carbonyl (C=O) groups is 1. The number of hydrogen-bond donors (Lipinski definition) is 1. The highest BCUT2D eigenvalue weighted by atomic mass is 16.5. The van der Waals surface area contributed by atoms with E-state index in [9.17, 15) is 4.79 Å². The molecule has 24 heavy (non-hydrogen) atoms. The molecule has 0 bridgehead atoms. The highest BCUT2D eigenvalue weighted by Crippen LogP contribution is 2.36. The van der Waals surface area contributed by atoms with E-state index in [-0.39, 0.29) is 11.3 Å². The molecule has 0 radical (unpaired) electrons. The van der Waals surface area contributed by atoms with Gasteiger partial charge in [-0.15, -0.1) is 0 Å². The second-order valence-electron chi connectivity index (χ2n) is 7.28. The molecule has 1 amide bonds. The van der Waals surface area contributed by atoms with E-state index < -0.39 is 0 Å². The molecule has 0 unspecified atom stereocenters. The Morgan fingerprint density at radius 1 is 1.42 bits per heavy atom. The van der Waals surface area contributed by atoms with Gasteiger partial charge in [-0.2, -0.15) is 0 Å². The van der Waals surface area contributed by atoms with Crippen molar-refractivity contribution >= 4 is 5.91 Å². The van der Waals surface area contributed by atoms with E-state index in [1.807, 2.05) is 12.3 Å². The minimum atomic E-state index is -0.362. The summed E-state index contributed by atoms with van der Waals surface area (Å²) in [6.45, 7) is 3.58. The average molecular weight is 331 g/mol. The Bertz CT molecular complexity index is 531. The van der Waals surface area contributed by atoms with E-state index in [1.165, 1.54) is 5.56 Å². The van der Waals surface area contributed by atoms with Crippen molar-refractivity contribution < 1.29 is 9.53 Å². The van der Waals surface area contributed by atoms with Crippen LogP contribution >= 0.6 is 0 Å². The van der Waals surface area contributed by atoms with Crippen LogP contribution < -0.4 is 5.73 Å². The predicted molar refractivity (Wildman–Crippen MR) is 93.5 cm³/mol. The quantitative estimate of drug-likeness (QED) is 0.867. The molecule has 1 atom stereocenters. The number of ether oxygens (including phenoxy) is 1. The average Bonchev–Trinajstić information content (AvgIpc) is 2.63. The fourth-order valence-corrected chi connectivity index (χ4v) is 4.23. The zero-order valence-corrected chi connectivity index (χ0v) is 14.5. The molecule has 2 fully saturated rings. The standard InChI is InChI=1S/C19H29N3O2/c20-18(23)19(8-1-4-16-5-2-10-21-14-16)9-3-11-22(15-19)17-6-12-24-13-7-17/h2,5,10,14,17H,1,3-4,6-9,11-13,15H2,(H2,20,23)/t19-/m1/s1. The molecule has 1 aromatic heterocycles. The van der Waals surface area contributed by atoms with E-state index in [0.29, 0.717) is 6.04 Å². The maximum atomic E-state index is 12.3. The third-order valence-corrected chi connectivity index (χ3v) is 5.68. The van der Waals surface area contributed by atoms with Gasteiger partial charge in [-0.25, -0.2) is 0 Å². The minimum Gasteiger partial charge on any atom is -0.381 e. The molecule has 5 nitrogen and oxygen atoms in total. The highest BCUT2D eigenvalue weighted by molar-refractivity contribution is 5.81. The number of carbonyl (C=O) groups excluding carboxylic acids is 1. The lowest BCUT2D eigenvalue weighted by Crippen LogP contribution is -2.54. The largest absolute Gasteiger partial charge is 0.381 e. The zero-order valence-electron chi connectivity index (χ0n) is 14.5. The molecule has 5 heteroatoms. The Kier molecular flexibility index (Phi) is 5.85. The van der Waals surface area contributed by atoms with Gasteiger partial charge in [0, 0.05) is 38.2 Å². The van der Waals surface area contributed by atoms with Crippen molar-refractivity contribution in [1.82, 2.24) is 9.88 Å². The monoisotopic (exact) mass is 331 g/mol. The summed E-state index contributed by atoms with van der Waals surface area (Å²) in [5.74, 6) is -0.120. The summed E-state index contributed by atoms with van der Waals surface area (Å²) < 4.78 is 5.48. The van der Waals surface area contributed by atoms with E-state index in [2.05, 4.69) is 16.0 Å². The van der Waals surface area contributed by atoms with Crippen LogP contribution in [0.4, 0.5) is 0 Å². The Hall–Kier alpha value is -1.46. The lowest BCUT2D eigenvalue weighted by atomic mass is 9.74. The van der Waals surface area contributed by atoms with Crippen molar-refractivity contribution in [2.45, 2.75) is 51.0 Å². The van der Waals surface area contributed by atoms with Crippen LogP contribution in [0.25, 0.3) is 0 Å². The summed E-state index contributed by atoms with van der Waals surface area (Å²) in [6, 6.07) is 4.61. The first-order valence-corrected chi connectivity index (χ1v) is 9.20. The third kappa shape index (κ3) is 4.14. The molecular weight excluding hydrogens is 302 g/mol. The van der Waals surface area contributed by atoms with Crippen molar-refractivity contribution in [2.24, 2.45) is 11.1 Å². The number of nitrogens with two attached hydrogens (primary N) is 1. The van der Waals surface area contributed by atoms with Gasteiger partial charge in [-0.1, -0.05) is 6.07 Å². The minimum absolute atomic E-state index is 0.120. The second-order valence-corrected chi connectivity index (χ2v) is 7.28. The van der Waals surface area contributed by atoms with Crippen molar-refractivity contribution in [2.75, 3.05) is 26.3 Å². The van der Waals surface area contributed by atoms with Crippen LogP contribution in [0.5, 0.6) is 0 Å². The molecule has 2 saturated heterocycles. The van der Waals surface area contributed by atoms with Crippen LogP contribution in [-0.2, 0) is 16.0 Å². The molecule has 132 valence electrons. The maximum absolute atomic E-state index is 12.3. The smallest absolute Gasteiger partial charge is 0.224 e. The number of rotatable bonds is 6. The van der Waals surface area contributed by atoms with Crippen LogP contribution in [0.1, 0.15) is 44.1 Å². The number of pyridine rings is 1. The van der Waals surface area contributed by atoms with Crippen LogP contribution in [0.3, 0.4) is 0 Å². The van der Waals surface area contributed by atoms with E-state index in [0.717, 1.165) is 71.2 Å². The van der Waals surface area contributed by atoms with Crippen molar-refractivity contribution in [3.63, 3.8) is 0 Å². The molecule has 3 heterocycles. The molecule has 3 rings (SSSR count). The maximum Gasteiger partial charge on any atom is 0.224 e. The topological polar surface area (TPSA) is 68.5 Å². The first kappa shape index (κ1) is 17.4. The van der Waals surface area contributed by atoms with Crippen molar-refractivity contribution in [1.29, 1.82) is 0 Å². The number of hydrogen-bond acceptors (Lipinski definition) is 4. The van der Waals surface area contributed by atoms with E-state index in [4.69, 9.17) is 10.5 Å². The van der Waals surface area contributed by atoms with E-state index in [1.54, 1.807) is 6.20 Å². The molecule has 2 aliphatic heterocycles. The molecule has 2 N–H and O–H groups in total. The predicted octanol–water partition coefficient (Wildman–Crippen LogP) is 2.15. The lowest BCUT2D eigenvalue weighted by molar-refractivity contribution is -0.133. The van der Waals surface area contributed by atoms with E-state index >= 15 is 0 Å². The number of primary amides is 1.